The van der Waals surface area contributed by atoms with Crippen molar-refractivity contribution in [2.45, 2.75) is 59.2 Å². The molecule has 2 aromatic rings. The van der Waals surface area contributed by atoms with Gasteiger partial charge in [-0.2, -0.15) is 0 Å². The molecule has 7 nitrogen and oxygen atoms in total. The summed E-state index contributed by atoms with van der Waals surface area (Å²) in [7, 11) is -3.83. The Morgan fingerprint density at radius 1 is 1.03 bits per heavy atom. The van der Waals surface area contributed by atoms with Gasteiger partial charge in [-0.1, -0.05) is 61.3 Å². The predicted octanol–water partition coefficient (Wildman–Crippen LogP) is 4.79. The van der Waals surface area contributed by atoms with E-state index in [0.717, 1.165) is 22.5 Å². The molecule has 0 heterocycles. The van der Waals surface area contributed by atoms with Crippen molar-refractivity contribution in [3.05, 3.63) is 63.6 Å². The van der Waals surface area contributed by atoms with Crippen LogP contribution in [-0.2, 0) is 26.2 Å². The van der Waals surface area contributed by atoms with Crippen molar-refractivity contribution in [1.29, 1.82) is 0 Å². The highest BCUT2D eigenvalue weighted by Gasteiger charge is 2.32. The second kappa shape index (κ2) is 12.6. The van der Waals surface area contributed by atoms with E-state index in [1.807, 2.05) is 20.8 Å². The van der Waals surface area contributed by atoms with E-state index in [1.165, 1.54) is 11.0 Å². The van der Waals surface area contributed by atoms with Crippen LogP contribution in [0.1, 0.15) is 44.7 Å². The number of nitrogens with one attached hydrogen (secondary N) is 1. The number of hydrogen-bond donors (Lipinski definition) is 1. The lowest BCUT2D eigenvalue weighted by atomic mass is 10.1. The first kappa shape index (κ1) is 28.9. The van der Waals surface area contributed by atoms with Gasteiger partial charge in [-0.3, -0.25) is 13.9 Å². The van der Waals surface area contributed by atoms with Gasteiger partial charge in [-0.25, -0.2) is 8.42 Å². The van der Waals surface area contributed by atoms with E-state index in [-0.39, 0.29) is 24.2 Å². The lowest BCUT2D eigenvalue weighted by Gasteiger charge is -2.33. The Kier molecular flexibility index (Phi) is 10.4. The van der Waals surface area contributed by atoms with Crippen LogP contribution in [0.5, 0.6) is 0 Å². The van der Waals surface area contributed by atoms with Gasteiger partial charge in [-0.05, 0) is 56.0 Å². The average Bonchev–Trinajstić information content (AvgIpc) is 2.79. The molecule has 10 heteroatoms. The van der Waals surface area contributed by atoms with Gasteiger partial charge in [0.25, 0.3) is 0 Å². The summed E-state index contributed by atoms with van der Waals surface area (Å²) in [6.07, 6.45) is 2.10. The van der Waals surface area contributed by atoms with Gasteiger partial charge >= 0.3 is 0 Å². The van der Waals surface area contributed by atoms with Crippen molar-refractivity contribution in [2.24, 2.45) is 0 Å². The summed E-state index contributed by atoms with van der Waals surface area (Å²) >= 11 is 12.6. The summed E-state index contributed by atoms with van der Waals surface area (Å²) in [6, 6.07) is 11.0. The molecule has 2 amide bonds. The highest BCUT2D eigenvalue weighted by molar-refractivity contribution is 7.92. The van der Waals surface area contributed by atoms with Crippen molar-refractivity contribution < 1.29 is 18.0 Å². The number of rotatable bonds is 11. The molecule has 0 saturated heterocycles. The van der Waals surface area contributed by atoms with Gasteiger partial charge in [0.15, 0.2) is 0 Å². The van der Waals surface area contributed by atoms with Crippen LogP contribution in [0.25, 0.3) is 0 Å². The Bertz CT molecular complexity index is 1160. The summed E-state index contributed by atoms with van der Waals surface area (Å²) in [4.78, 5) is 28.2. The molecule has 192 valence electrons. The number of hydrogen-bond acceptors (Lipinski definition) is 4. The van der Waals surface area contributed by atoms with Gasteiger partial charge in [0.2, 0.25) is 21.8 Å². The number of aryl methyl sites for hydroxylation is 1. The minimum Gasteiger partial charge on any atom is -0.352 e. The number of nitrogens with zero attached hydrogens (tertiary/aromatic N) is 2. The van der Waals surface area contributed by atoms with Crippen molar-refractivity contribution >= 4 is 50.7 Å². The van der Waals surface area contributed by atoms with Gasteiger partial charge < -0.3 is 10.2 Å². The lowest BCUT2D eigenvalue weighted by molar-refractivity contribution is -0.140. The molecule has 0 unspecified atom stereocenters. The number of benzene rings is 2. The predicted molar refractivity (Wildman–Crippen MR) is 142 cm³/mol. The number of halogens is 2. The van der Waals surface area contributed by atoms with E-state index < -0.39 is 28.5 Å². The molecule has 2 atom stereocenters. The van der Waals surface area contributed by atoms with Crippen LogP contribution < -0.4 is 9.62 Å². The molecular formula is C25H33Cl2N3O4S. The van der Waals surface area contributed by atoms with Crippen LogP contribution >= 0.6 is 23.2 Å². The zero-order valence-corrected chi connectivity index (χ0v) is 23.0. The Labute approximate surface area is 218 Å². The summed E-state index contributed by atoms with van der Waals surface area (Å²) in [6.45, 7) is 7.01. The fourth-order valence-corrected chi connectivity index (χ4v) is 4.73. The first-order valence-corrected chi connectivity index (χ1v) is 14.1. The van der Waals surface area contributed by atoms with Crippen LogP contribution in [0.2, 0.25) is 10.0 Å². The van der Waals surface area contributed by atoms with Crippen LogP contribution in [0.15, 0.2) is 42.5 Å². The monoisotopic (exact) mass is 541 g/mol. The van der Waals surface area contributed by atoms with Crippen molar-refractivity contribution in [2.75, 3.05) is 17.1 Å². The number of sulfonamides is 1. The number of carbonyl (C=O) groups is 2. The molecule has 0 aliphatic heterocycles. The van der Waals surface area contributed by atoms with Gasteiger partial charge in [0.05, 0.1) is 11.9 Å². The van der Waals surface area contributed by atoms with Gasteiger partial charge in [0, 0.05) is 22.6 Å². The minimum atomic E-state index is -3.83. The molecule has 0 bridgehead atoms. The first-order valence-electron chi connectivity index (χ1n) is 11.5. The lowest BCUT2D eigenvalue weighted by Crippen LogP contribution is -2.53. The van der Waals surface area contributed by atoms with Crippen molar-refractivity contribution in [3.8, 4) is 0 Å². The molecule has 0 spiro atoms. The largest absolute Gasteiger partial charge is 0.352 e. The van der Waals surface area contributed by atoms with E-state index in [4.69, 9.17) is 23.2 Å². The highest BCUT2D eigenvalue weighted by atomic mass is 35.5. The Morgan fingerprint density at radius 2 is 1.69 bits per heavy atom. The minimum absolute atomic E-state index is 0.0528. The van der Waals surface area contributed by atoms with Crippen LogP contribution in [-0.4, -0.2) is 50.0 Å². The maximum Gasteiger partial charge on any atom is 0.244 e. The second-order valence-corrected chi connectivity index (χ2v) is 11.3. The van der Waals surface area contributed by atoms with E-state index in [2.05, 4.69) is 5.32 Å². The van der Waals surface area contributed by atoms with Crippen LogP contribution in [0.4, 0.5) is 5.69 Å². The fourth-order valence-electron chi connectivity index (χ4n) is 3.52. The Hall–Kier alpha value is -2.29. The summed E-state index contributed by atoms with van der Waals surface area (Å²) in [5, 5.41) is 3.77. The summed E-state index contributed by atoms with van der Waals surface area (Å²) in [5.41, 5.74) is 1.70. The zero-order valence-electron chi connectivity index (χ0n) is 20.7. The van der Waals surface area contributed by atoms with E-state index in [0.29, 0.717) is 22.0 Å². The molecule has 0 saturated carbocycles. The smallest absolute Gasteiger partial charge is 0.244 e. The van der Waals surface area contributed by atoms with Crippen molar-refractivity contribution in [1.82, 2.24) is 10.2 Å². The zero-order chi connectivity index (χ0) is 26.3. The molecule has 0 aromatic heterocycles. The normalized spacial score (nSPS) is 13.1. The van der Waals surface area contributed by atoms with Gasteiger partial charge in [0.1, 0.15) is 12.6 Å². The van der Waals surface area contributed by atoms with E-state index in [9.17, 15) is 18.0 Å². The second-order valence-electron chi connectivity index (χ2n) is 8.56. The molecule has 0 aliphatic carbocycles. The third-order valence-electron chi connectivity index (χ3n) is 5.81. The summed E-state index contributed by atoms with van der Waals surface area (Å²) in [5.74, 6) is -0.829. The van der Waals surface area contributed by atoms with E-state index in [1.54, 1.807) is 43.3 Å². The number of amides is 2. The average molecular weight is 543 g/mol. The maximum absolute atomic E-state index is 13.7. The van der Waals surface area contributed by atoms with Gasteiger partial charge in [-0.15, -0.1) is 0 Å². The molecule has 2 aromatic carbocycles. The van der Waals surface area contributed by atoms with Crippen molar-refractivity contribution in [3.63, 3.8) is 0 Å². The molecular weight excluding hydrogens is 509 g/mol. The number of carbonyl (C=O) groups excluding carboxylic acids is 2. The fraction of sp³-hybridized carbons (Fsp3) is 0.440. The molecule has 0 aliphatic rings. The molecule has 35 heavy (non-hydrogen) atoms. The third-order valence-corrected chi connectivity index (χ3v) is 7.72. The molecule has 0 radical (unpaired) electrons. The third kappa shape index (κ3) is 7.85. The highest BCUT2D eigenvalue weighted by Crippen LogP contribution is 2.26. The molecule has 2 rings (SSSR count). The van der Waals surface area contributed by atoms with Crippen LogP contribution in [0.3, 0.4) is 0 Å². The first-order chi connectivity index (χ1) is 16.4. The quantitative estimate of drug-likeness (QED) is 0.443. The van der Waals surface area contributed by atoms with E-state index >= 15 is 0 Å². The Balaban J connectivity index is 2.47. The maximum atomic E-state index is 13.7. The molecule has 0 fully saturated rings. The topological polar surface area (TPSA) is 86.8 Å². The van der Waals surface area contributed by atoms with Crippen LogP contribution in [0, 0.1) is 6.92 Å². The summed E-state index contributed by atoms with van der Waals surface area (Å²) < 4.78 is 26.3. The SMILES string of the molecule is CC[C@@H](C)NC(=O)[C@H](CC)N(Cc1ccccc1Cl)C(=O)CN(c1ccc(C)c(Cl)c1)S(C)(=O)=O. The standard InChI is InChI=1S/C25H33Cl2N3O4S/c1-6-18(4)28-25(32)23(7-2)29(15-19-10-8-9-11-21(19)26)24(31)16-30(35(5,33)34)20-13-12-17(3)22(27)14-20/h8-14,18,23H,6-7,15-16H2,1-5H3,(H,28,32)/t18-,23+/m1/s1. The Morgan fingerprint density at radius 3 is 2.23 bits per heavy atom. The number of anilines is 1. The molecule has 1 N–H and O–H groups in total.